The molecule has 0 aromatic heterocycles. The van der Waals surface area contributed by atoms with Crippen LogP contribution < -0.4 is 0 Å². The Kier molecular flexibility index (Phi) is 5.23. The van der Waals surface area contributed by atoms with Crippen molar-refractivity contribution in [1.82, 2.24) is 0 Å². The maximum atomic E-state index is 12.6. The van der Waals surface area contributed by atoms with Crippen LogP contribution in [-0.4, -0.2) is 35.5 Å². The van der Waals surface area contributed by atoms with Crippen molar-refractivity contribution in [2.45, 2.75) is 71.5 Å². The number of ether oxygens (including phenoxy) is 1. The quantitative estimate of drug-likeness (QED) is 0.572. The van der Waals surface area contributed by atoms with Gasteiger partial charge in [-0.1, -0.05) is 31.6 Å². The predicted molar refractivity (Wildman–Crippen MR) is 112 cm³/mol. The molecule has 1 saturated carbocycles. The van der Waals surface area contributed by atoms with E-state index in [9.17, 15) is 14.7 Å². The van der Waals surface area contributed by atoms with Crippen LogP contribution in [0.15, 0.2) is 34.9 Å². The highest BCUT2D eigenvalue weighted by Gasteiger charge is 2.61. The first-order valence-electron chi connectivity index (χ1n) is 11.1. The summed E-state index contributed by atoms with van der Waals surface area (Å²) in [5.74, 6) is 0.692. The number of aliphatic hydroxyl groups excluding tert-OH is 1. The molecule has 2 fully saturated rings. The summed E-state index contributed by atoms with van der Waals surface area (Å²) < 4.78 is 6.77. The average Bonchev–Trinajstić information content (AvgIpc) is 3.22. The van der Waals surface area contributed by atoms with E-state index in [1.54, 1.807) is 6.08 Å². The minimum absolute atomic E-state index is 0.0434. The van der Waals surface area contributed by atoms with E-state index in [2.05, 4.69) is 19.9 Å². The number of carbonyl (C=O) groups is 2. The van der Waals surface area contributed by atoms with Gasteiger partial charge in [-0.05, 0) is 86.3 Å². The highest BCUT2D eigenvalue weighted by molar-refractivity contribution is 6.01. The van der Waals surface area contributed by atoms with Crippen LogP contribution in [0.25, 0.3) is 0 Å². The van der Waals surface area contributed by atoms with Gasteiger partial charge < -0.3 is 9.84 Å². The highest BCUT2D eigenvalue weighted by atomic mass is 16.5. The number of aliphatic hydroxyl groups is 1. The van der Waals surface area contributed by atoms with Crippen LogP contribution in [0.4, 0.5) is 0 Å². The molecule has 4 heteroatoms. The number of allylic oxidation sites excluding steroid dienone is 4. The molecule has 1 aliphatic heterocycles. The molecule has 4 nitrogen and oxygen atoms in total. The SMILES string of the molecule is CC1=CC(=O)[C@H]2C(C=O)=CC[C@@H]3[C@](C)(CC[C@@]34O[C@@H](/C=C(\C)CO)C[C@@H]4C)C[C@H]12. The molecular weight excluding hydrogens is 364 g/mol. The van der Waals surface area contributed by atoms with Crippen molar-refractivity contribution >= 4 is 12.1 Å². The first-order chi connectivity index (χ1) is 13.7. The van der Waals surface area contributed by atoms with Crippen LogP contribution in [-0.2, 0) is 14.3 Å². The number of hydrogen-bond acceptors (Lipinski definition) is 4. The number of hydrogen-bond donors (Lipinski definition) is 1. The summed E-state index contributed by atoms with van der Waals surface area (Å²) in [6.07, 6.45) is 11.6. The summed E-state index contributed by atoms with van der Waals surface area (Å²) in [6.45, 7) is 8.72. The van der Waals surface area contributed by atoms with E-state index in [1.807, 2.05) is 19.9 Å². The van der Waals surface area contributed by atoms with Gasteiger partial charge in [-0.15, -0.1) is 0 Å². The van der Waals surface area contributed by atoms with Crippen molar-refractivity contribution in [2.24, 2.45) is 29.1 Å². The average molecular weight is 399 g/mol. The van der Waals surface area contributed by atoms with Crippen LogP contribution >= 0.6 is 0 Å². The third kappa shape index (κ3) is 3.19. The van der Waals surface area contributed by atoms with Gasteiger partial charge in [-0.2, -0.15) is 0 Å². The fourth-order valence-corrected chi connectivity index (χ4v) is 6.91. The molecule has 1 saturated heterocycles. The second-order valence-corrected chi connectivity index (χ2v) is 10.3. The molecule has 7 atom stereocenters. The van der Waals surface area contributed by atoms with Crippen molar-refractivity contribution in [3.63, 3.8) is 0 Å². The summed E-state index contributed by atoms with van der Waals surface area (Å²) >= 11 is 0. The second-order valence-electron chi connectivity index (χ2n) is 10.3. The number of carbonyl (C=O) groups excluding carboxylic acids is 2. The standard InChI is InChI=1S/C25H34O4/c1-15(13-26)9-19-11-17(3)25(29-19)8-7-24(4)12-20-16(2)10-21(28)23(20)18(14-27)5-6-22(24)25/h5,9-10,14,17,19-20,22-23,26H,6-8,11-13H2,1-4H3/b15-9+,18-5?/t17-,19-,20+,22+,23-,24+,25-/m0/s1. The van der Waals surface area contributed by atoms with Gasteiger partial charge in [0.2, 0.25) is 0 Å². The van der Waals surface area contributed by atoms with E-state index in [1.165, 1.54) is 0 Å². The zero-order chi connectivity index (χ0) is 21.0. The van der Waals surface area contributed by atoms with Crippen LogP contribution in [0.2, 0.25) is 0 Å². The van der Waals surface area contributed by atoms with Gasteiger partial charge in [0, 0.05) is 0 Å². The van der Waals surface area contributed by atoms with Crippen LogP contribution in [0, 0.1) is 29.1 Å². The normalized spacial score (nSPS) is 44.8. The topological polar surface area (TPSA) is 63.6 Å². The number of aldehydes is 1. The lowest BCUT2D eigenvalue weighted by molar-refractivity contribution is -0.119. The first kappa shape index (κ1) is 20.7. The first-order valence-corrected chi connectivity index (χ1v) is 11.1. The zero-order valence-electron chi connectivity index (χ0n) is 18.1. The monoisotopic (exact) mass is 398 g/mol. The Morgan fingerprint density at radius 3 is 2.83 bits per heavy atom. The van der Waals surface area contributed by atoms with Crippen molar-refractivity contribution < 1.29 is 19.4 Å². The van der Waals surface area contributed by atoms with Crippen molar-refractivity contribution in [1.29, 1.82) is 0 Å². The Balaban J connectivity index is 1.70. The third-order valence-corrected chi connectivity index (χ3v) is 8.46. The molecule has 3 aliphatic carbocycles. The Hall–Kier alpha value is -1.52. The molecule has 158 valence electrons. The third-order valence-electron chi connectivity index (χ3n) is 8.46. The van der Waals surface area contributed by atoms with Crippen molar-refractivity contribution in [3.8, 4) is 0 Å². The molecule has 0 bridgehead atoms. The molecule has 0 aromatic carbocycles. The molecule has 4 rings (SSSR count). The fraction of sp³-hybridized carbons (Fsp3) is 0.680. The molecule has 4 aliphatic rings. The minimum atomic E-state index is -0.286. The molecule has 1 N–H and O–H groups in total. The van der Waals surface area contributed by atoms with Crippen LogP contribution in [0.5, 0.6) is 0 Å². The lowest BCUT2D eigenvalue weighted by atomic mass is 9.62. The van der Waals surface area contributed by atoms with Crippen LogP contribution in [0.3, 0.4) is 0 Å². The van der Waals surface area contributed by atoms with E-state index in [0.717, 1.165) is 49.5 Å². The van der Waals surface area contributed by atoms with Gasteiger partial charge in [-0.25, -0.2) is 0 Å². The smallest absolute Gasteiger partial charge is 0.163 e. The van der Waals surface area contributed by atoms with E-state index in [0.29, 0.717) is 17.4 Å². The van der Waals surface area contributed by atoms with E-state index in [4.69, 9.17) is 4.74 Å². The fourth-order valence-electron chi connectivity index (χ4n) is 6.91. The van der Waals surface area contributed by atoms with Crippen LogP contribution in [0.1, 0.15) is 59.8 Å². The maximum Gasteiger partial charge on any atom is 0.163 e. The van der Waals surface area contributed by atoms with Crippen molar-refractivity contribution in [3.05, 3.63) is 34.9 Å². The molecule has 1 heterocycles. The van der Waals surface area contributed by atoms with Gasteiger partial charge in [0.25, 0.3) is 0 Å². The van der Waals surface area contributed by atoms with Gasteiger partial charge in [0.1, 0.15) is 6.29 Å². The van der Waals surface area contributed by atoms with E-state index in [-0.39, 0.29) is 41.3 Å². The minimum Gasteiger partial charge on any atom is -0.392 e. The van der Waals surface area contributed by atoms with E-state index < -0.39 is 0 Å². The van der Waals surface area contributed by atoms with Gasteiger partial charge in [0.15, 0.2) is 5.78 Å². The molecule has 1 spiro atoms. The second kappa shape index (κ2) is 7.31. The Bertz CT molecular complexity index is 806. The Morgan fingerprint density at radius 1 is 1.38 bits per heavy atom. The van der Waals surface area contributed by atoms with Crippen molar-refractivity contribution in [2.75, 3.05) is 6.61 Å². The highest BCUT2D eigenvalue weighted by Crippen LogP contribution is 2.63. The number of rotatable bonds is 3. The molecule has 0 radical (unpaired) electrons. The number of fused-ring (bicyclic) bond motifs is 3. The molecular formula is C25H34O4. The molecule has 0 aromatic rings. The van der Waals surface area contributed by atoms with Gasteiger partial charge in [-0.3, -0.25) is 9.59 Å². The summed E-state index contributed by atoms with van der Waals surface area (Å²) in [6, 6.07) is 0. The Morgan fingerprint density at radius 2 is 2.14 bits per heavy atom. The van der Waals surface area contributed by atoms with E-state index >= 15 is 0 Å². The lowest BCUT2D eigenvalue weighted by Crippen LogP contribution is -2.44. The maximum absolute atomic E-state index is 12.6. The summed E-state index contributed by atoms with van der Waals surface area (Å²) in [4.78, 5) is 24.5. The summed E-state index contributed by atoms with van der Waals surface area (Å²) in [7, 11) is 0. The lowest BCUT2D eigenvalue weighted by Gasteiger charge is -2.44. The molecule has 29 heavy (non-hydrogen) atoms. The molecule has 0 amide bonds. The Labute approximate surface area is 174 Å². The van der Waals surface area contributed by atoms with Gasteiger partial charge >= 0.3 is 0 Å². The zero-order valence-corrected chi connectivity index (χ0v) is 18.1. The predicted octanol–water partition coefficient (Wildman–Crippen LogP) is 4.19. The summed E-state index contributed by atoms with van der Waals surface area (Å²) in [5, 5.41) is 9.41. The summed E-state index contributed by atoms with van der Waals surface area (Å²) in [5.41, 5.74) is 2.63. The molecule has 0 unspecified atom stereocenters. The largest absolute Gasteiger partial charge is 0.392 e. The number of ketones is 1. The van der Waals surface area contributed by atoms with Gasteiger partial charge in [0.05, 0.1) is 24.2 Å².